The first-order chi connectivity index (χ1) is 13.2. The molecule has 7 heteroatoms. The maximum atomic E-state index is 5.79. The molecule has 2 aromatic carbocycles. The van der Waals surface area contributed by atoms with Gasteiger partial charge >= 0.3 is 0 Å². The Morgan fingerprint density at radius 2 is 1.70 bits per heavy atom. The second-order valence-electron chi connectivity index (χ2n) is 6.31. The van der Waals surface area contributed by atoms with Crippen molar-refractivity contribution in [1.29, 1.82) is 0 Å². The van der Waals surface area contributed by atoms with E-state index in [0.29, 0.717) is 11.8 Å². The molecule has 0 spiro atoms. The number of rotatable bonds is 9. The molecule has 0 aliphatic carbocycles. The summed E-state index contributed by atoms with van der Waals surface area (Å²) in [6.07, 6.45) is 2.65. The van der Waals surface area contributed by atoms with Gasteiger partial charge in [0.2, 0.25) is 5.95 Å². The van der Waals surface area contributed by atoms with E-state index in [1.54, 1.807) is 6.20 Å². The molecule has 1 aromatic heterocycles. The average Bonchev–Trinajstić information content (AvgIpc) is 2.68. The number of nitrogens with zero attached hydrogens (tertiary/aromatic N) is 4. The van der Waals surface area contributed by atoms with Gasteiger partial charge in [-0.1, -0.05) is 18.2 Å². The largest absolute Gasteiger partial charge is 0.457 e. The Bertz CT molecular complexity index is 823. The van der Waals surface area contributed by atoms with Crippen LogP contribution < -0.4 is 15.4 Å². The van der Waals surface area contributed by atoms with Crippen molar-refractivity contribution in [3.8, 4) is 11.5 Å². The van der Waals surface area contributed by atoms with E-state index in [1.807, 2.05) is 54.6 Å². The van der Waals surface area contributed by atoms with Gasteiger partial charge < -0.3 is 20.3 Å². The summed E-state index contributed by atoms with van der Waals surface area (Å²) in [6, 6.07) is 17.3. The summed E-state index contributed by atoms with van der Waals surface area (Å²) in [5.74, 6) is 2.72. The van der Waals surface area contributed by atoms with Crippen molar-refractivity contribution in [2.24, 2.45) is 0 Å². The van der Waals surface area contributed by atoms with Gasteiger partial charge in [-0.05, 0) is 63.5 Å². The zero-order valence-corrected chi connectivity index (χ0v) is 15.6. The molecule has 140 valence electrons. The van der Waals surface area contributed by atoms with Crippen LogP contribution in [0.25, 0.3) is 0 Å². The van der Waals surface area contributed by atoms with E-state index >= 15 is 0 Å². The fourth-order valence-corrected chi connectivity index (χ4v) is 2.41. The van der Waals surface area contributed by atoms with E-state index in [9.17, 15) is 0 Å². The number of ether oxygens (including phenoxy) is 1. The van der Waals surface area contributed by atoms with Crippen LogP contribution in [0.15, 0.2) is 60.8 Å². The van der Waals surface area contributed by atoms with E-state index in [-0.39, 0.29) is 0 Å². The molecule has 27 heavy (non-hydrogen) atoms. The Balaban J connectivity index is 1.54. The van der Waals surface area contributed by atoms with Crippen molar-refractivity contribution in [3.63, 3.8) is 0 Å². The Hall–Kier alpha value is -3.19. The summed E-state index contributed by atoms with van der Waals surface area (Å²) in [6.45, 7) is 1.86. The van der Waals surface area contributed by atoms with Gasteiger partial charge in [0, 0.05) is 12.2 Å². The predicted molar refractivity (Wildman–Crippen MR) is 108 cm³/mol. The molecular formula is C20H24N6O. The number of para-hydroxylation sites is 1. The molecule has 2 N–H and O–H groups in total. The Kier molecular flexibility index (Phi) is 6.54. The first-order valence-electron chi connectivity index (χ1n) is 8.87. The quantitative estimate of drug-likeness (QED) is 0.560. The topological polar surface area (TPSA) is 75.2 Å². The van der Waals surface area contributed by atoms with Gasteiger partial charge in [0.1, 0.15) is 11.5 Å². The molecule has 0 bridgehead atoms. The van der Waals surface area contributed by atoms with Crippen LogP contribution >= 0.6 is 0 Å². The summed E-state index contributed by atoms with van der Waals surface area (Å²) in [7, 11) is 4.12. The molecule has 3 aromatic rings. The monoisotopic (exact) mass is 364 g/mol. The first kappa shape index (κ1) is 18.6. The molecule has 0 saturated carbocycles. The Morgan fingerprint density at radius 3 is 2.44 bits per heavy atom. The van der Waals surface area contributed by atoms with E-state index in [2.05, 4.69) is 44.8 Å². The van der Waals surface area contributed by atoms with E-state index in [4.69, 9.17) is 4.74 Å². The highest BCUT2D eigenvalue weighted by Gasteiger charge is 2.03. The van der Waals surface area contributed by atoms with Gasteiger partial charge in [-0.2, -0.15) is 10.1 Å². The molecule has 3 rings (SSSR count). The van der Waals surface area contributed by atoms with Crippen LogP contribution in [0.2, 0.25) is 0 Å². The fourth-order valence-electron chi connectivity index (χ4n) is 2.41. The third-order valence-corrected chi connectivity index (χ3v) is 3.74. The third-order valence-electron chi connectivity index (χ3n) is 3.74. The Labute approximate surface area is 159 Å². The number of aromatic nitrogens is 3. The molecule has 0 atom stereocenters. The minimum atomic E-state index is 0.448. The molecular weight excluding hydrogens is 340 g/mol. The lowest BCUT2D eigenvalue weighted by atomic mass is 10.3. The second kappa shape index (κ2) is 9.49. The van der Waals surface area contributed by atoms with Crippen LogP contribution in [0.5, 0.6) is 11.5 Å². The normalized spacial score (nSPS) is 10.6. The van der Waals surface area contributed by atoms with Crippen LogP contribution in [-0.2, 0) is 0 Å². The molecule has 0 saturated heterocycles. The van der Waals surface area contributed by atoms with Gasteiger partial charge in [0.25, 0.3) is 0 Å². The molecule has 0 amide bonds. The number of hydrogen-bond acceptors (Lipinski definition) is 7. The number of anilines is 3. The second-order valence-corrected chi connectivity index (χ2v) is 6.31. The number of benzene rings is 2. The number of nitrogens with one attached hydrogen (secondary N) is 2. The fraction of sp³-hybridized carbons (Fsp3) is 0.250. The van der Waals surface area contributed by atoms with Crippen LogP contribution in [0.1, 0.15) is 6.42 Å². The van der Waals surface area contributed by atoms with Crippen molar-refractivity contribution < 1.29 is 4.74 Å². The Morgan fingerprint density at radius 1 is 0.963 bits per heavy atom. The van der Waals surface area contributed by atoms with Crippen molar-refractivity contribution in [1.82, 2.24) is 20.1 Å². The molecule has 7 nitrogen and oxygen atoms in total. The van der Waals surface area contributed by atoms with E-state index in [0.717, 1.165) is 36.7 Å². The smallest absolute Gasteiger partial charge is 0.249 e. The summed E-state index contributed by atoms with van der Waals surface area (Å²) in [5.41, 5.74) is 0.863. The average molecular weight is 364 g/mol. The van der Waals surface area contributed by atoms with Crippen LogP contribution in [0.3, 0.4) is 0 Å². The van der Waals surface area contributed by atoms with E-state index < -0.39 is 0 Å². The SMILES string of the molecule is CN(C)CCCNc1cnnc(Nc2ccc(Oc3ccccc3)cc2)n1. The van der Waals surface area contributed by atoms with Crippen molar-refractivity contribution >= 4 is 17.5 Å². The highest BCUT2D eigenvalue weighted by atomic mass is 16.5. The minimum absolute atomic E-state index is 0.448. The highest BCUT2D eigenvalue weighted by Crippen LogP contribution is 2.23. The van der Waals surface area contributed by atoms with Gasteiger partial charge in [-0.25, -0.2) is 0 Å². The molecule has 0 aliphatic heterocycles. The van der Waals surface area contributed by atoms with E-state index in [1.165, 1.54) is 0 Å². The van der Waals surface area contributed by atoms with Crippen LogP contribution in [-0.4, -0.2) is 47.3 Å². The zero-order chi connectivity index (χ0) is 18.9. The molecule has 0 unspecified atom stereocenters. The van der Waals surface area contributed by atoms with Gasteiger partial charge in [0.05, 0.1) is 6.20 Å². The predicted octanol–water partition coefficient (Wildman–Crippen LogP) is 3.77. The molecule has 0 aliphatic rings. The first-order valence-corrected chi connectivity index (χ1v) is 8.87. The number of hydrogen-bond donors (Lipinski definition) is 2. The van der Waals surface area contributed by atoms with Gasteiger partial charge in [-0.3, -0.25) is 0 Å². The summed E-state index contributed by atoms with van der Waals surface area (Å²) < 4.78 is 5.79. The summed E-state index contributed by atoms with van der Waals surface area (Å²) >= 11 is 0. The zero-order valence-electron chi connectivity index (χ0n) is 15.6. The lowest BCUT2D eigenvalue weighted by molar-refractivity contribution is 0.405. The van der Waals surface area contributed by atoms with Crippen LogP contribution in [0, 0.1) is 0 Å². The lowest BCUT2D eigenvalue weighted by Gasteiger charge is -2.11. The standard InChI is InChI=1S/C20H24N6O/c1-26(2)14-6-13-21-19-15-22-25-20(24-19)23-16-9-11-18(12-10-16)27-17-7-4-3-5-8-17/h3-5,7-12,15H,6,13-14H2,1-2H3,(H2,21,23,24,25). The molecule has 0 radical (unpaired) electrons. The highest BCUT2D eigenvalue weighted by molar-refractivity contribution is 5.55. The van der Waals surface area contributed by atoms with Gasteiger partial charge in [0.15, 0.2) is 5.82 Å². The maximum Gasteiger partial charge on any atom is 0.249 e. The third kappa shape index (κ3) is 6.23. The van der Waals surface area contributed by atoms with Crippen LogP contribution in [0.4, 0.5) is 17.5 Å². The minimum Gasteiger partial charge on any atom is -0.457 e. The molecule has 0 fully saturated rings. The van der Waals surface area contributed by atoms with Gasteiger partial charge in [-0.15, -0.1) is 5.10 Å². The van der Waals surface area contributed by atoms with Crippen molar-refractivity contribution in [3.05, 3.63) is 60.8 Å². The van der Waals surface area contributed by atoms with Crippen molar-refractivity contribution in [2.45, 2.75) is 6.42 Å². The molecule has 1 heterocycles. The lowest BCUT2D eigenvalue weighted by Crippen LogP contribution is -2.16. The summed E-state index contributed by atoms with van der Waals surface area (Å²) in [4.78, 5) is 6.59. The van der Waals surface area contributed by atoms with Crippen molar-refractivity contribution in [2.75, 3.05) is 37.8 Å². The maximum absolute atomic E-state index is 5.79. The summed E-state index contributed by atoms with van der Waals surface area (Å²) in [5, 5.41) is 14.4.